The lowest BCUT2D eigenvalue weighted by Gasteiger charge is -2.22. The van der Waals surface area contributed by atoms with E-state index in [9.17, 15) is 4.79 Å². The summed E-state index contributed by atoms with van der Waals surface area (Å²) in [4.78, 5) is 15.5. The Morgan fingerprint density at radius 2 is 2.06 bits per heavy atom. The molecule has 5 heteroatoms. The standard InChI is InChI=1S/C13H16N4O/c1-13(15,12(14)18)9-17-8-7-16-11(17)10-5-3-2-4-6-10/h2-8H,9,15H2,1H3,(H2,14,18). The van der Waals surface area contributed by atoms with Gasteiger partial charge in [0.15, 0.2) is 0 Å². The molecule has 0 radical (unpaired) electrons. The summed E-state index contributed by atoms with van der Waals surface area (Å²) < 4.78 is 1.83. The van der Waals surface area contributed by atoms with E-state index in [0.29, 0.717) is 6.54 Å². The van der Waals surface area contributed by atoms with Crippen molar-refractivity contribution in [3.63, 3.8) is 0 Å². The van der Waals surface area contributed by atoms with Crippen LogP contribution in [0.25, 0.3) is 11.4 Å². The fraction of sp³-hybridized carbons (Fsp3) is 0.231. The lowest BCUT2D eigenvalue weighted by molar-refractivity contribution is -0.123. The molecular formula is C13H16N4O. The molecule has 1 amide bonds. The van der Waals surface area contributed by atoms with Gasteiger partial charge in [0.2, 0.25) is 5.91 Å². The Bertz CT molecular complexity index is 545. The molecule has 18 heavy (non-hydrogen) atoms. The maximum atomic E-state index is 11.3. The van der Waals surface area contributed by atoms with E-state index in [4.69, 9.17) is 11.5 Å². The van der Waals surface area contributed by atoms with E-state index in [1.54, 1.807) is 19.3 Å². The van der Waals surface area contributed by atoms with Crippen molar-refractivity contribution in [2.45, 2.75) is 19.0 Å². The molecule has 2 aromatic rings. The predicted octanol–water partition coefficient (Wildman–Crippen LogP) is 0.753. The third kappa shape index (κ3) is 2.41. The van der Waals surface area contributed by atoms with Gasteiger partial charge in [0.05, 0.1) is 6.54 Å². The smallest absolute Gasteiger partial charge is 0.239 e. The van der Waals surface area contributed by atoms with Crippen LogP contribution >= 0.6 is 0 Å². The zero-order valence-electron chi connectivity index (χ0n) is 10.2. The Labute approximate surface area is 105 Å². The number of aromatic nitrogens is 2. The predicted molar refractivity (Wildman–Crippen MR) is 69.4 cm³/mol. The summed E-state index contributed by atoms with van der Waals surface area (Å²) in [6.07, 6.45) is 3.47. The first kappa shape index (κ1) is 12.3. The number of nitrogens with two attached hydrogens (primary N) is 2. The zero-order chi connectivity index (χ0) is 13.2. The Balaban J connectivity index is 2.32. The Morgan fingerprint density at radius 3 is 2.67 bits per heavy atom. The van der Waals surface area contributed by atoms with Crippen molar-refractivity contribution in [1.29, 1.82) is 0 Å². The normalized spacial score (nSPS) is 14.1. The molecular weight excluding hydrogens is 228 g/mol. The van der Waals surface area contributed by atoms with Crippen molar-refractivity contribution in [3.8, 4) is 11.4 Å². The molecule has 2 rings (SSSR count). The first-order valence-electron chi connectivity index (χ1n) is 5.66. The van der Waals surface area contributed by atoms with Crippen molar-refractivity contribution in [2.75, 3.05) is 0 Å². The topological polar surface area (TPSA) is 86.9 Å². The van der Waals surface area contributed by atoms with Gasteiger partial charge >= 0.3 is 0 Å². The molecule has 94 valence electrons. The molecule has 0 aliphatic heterocycles. The second-order valence-corrected chi connectivity index (χ2v) is 4.53. The lowest BCUT2D eigenvalue weighted by atomic mass is 10.0. The minimum Gasteiger partial charge on any atom is -0.368 e. The number of rotatable bonds is 4. The first-order valence-corrected chi connectivity index (χ1v) is 5.66. The summed E-state index contributed by atoms with van der Waals surface area (Å²) in [5.41, 5.74) is 11.0. The van der Waals surface area contributed by atoms with Gasteiger partial charge in [-0.25, -0.2) is 4.98 Å². The number of hydrogen-bond acceptors (Lipinski definition) is 3. The number of primary amides is 1. The largest absolute Gasteiger partial charge is 0.368 e. The Kier molecular flexibility index (Phi) is 3.16. The van der Waals surface area contributed by atoms with Crippen LogP contribution in [0.5, 0.6) is 0 Å². The number of carbonyl (C=O) groups excluding carboxylic acids is 1. The van der Waals surface area contributed by atoms with Crippen molar-refractivity contribution in [2.24, 2.45) is 11.5 Å². The zero-order valence-corrected chi connectivity index (χ0v) is 10.2. The number of benzene rings is 1. The number of hydrogen-bond donors (Lipinski definition) is 2. The van der Waals surface area contributed by atoms with E-state index in [-0.39, 0.29) is 0 Å². The number of imidazole rings is 1. The molecule has 0 aliphatic carbocycles. The molecule has 0 fully saturated rings. The van der Waals surface area contributed by atoms with Gasteiger partial charge in [0.1, 0.15) is 11.4 Å². The highest BCUT2D eigenvalue weighted by atomic mass is 16.1. The van der Waals surface area contributed by atoms with E-state index < -0.39 is 11.4 Å². The average molecular weight is 244 g/mol. The maximum absolute atomic E-state index is 11.3. The highest BCUT2D eigenvalue weighted by molar-refractivity contribution is 5.83. The molecule has 0 saturated carbocycles. The van der Waals surface area contributed by atoms with Crippen molar-refractivity contribution < 1.29 is 4.79 Å². The van der Waals surface area contributed by atoms with Gasteiger partial charge in [-0.2, -0.15) is 0 Å². The molecule has 0 bridgehead atoms. The minimum atomic E-state index is -1.09. The van der Waals surface area contributed by atoms with E-state index in [2.05, 4.69) is 4.98 Å². The van der Waals surface area contributed by atoms with Crippen LogP contribution in [0.4, 0.5) is 0 Å². The van der Waals surface area contributed by atoms with Crippen LogP contribution in [0.1, 0.15) is 6.92 Å². The van der Waals surface area contributed by atoms with Crippen LogP contribution in [0.15, 0.2) is 42.7 Å². The monoisotopic (exact) mass is 244 g/mol. The maximum Gasteiger partial charge on any atom is 0.239 e. The molecule has 1 aromatic heterocycles. The van der Waals surface area contributed by atoms with Gasteiger partial charge in [0.25, 0.3) is 0 Å². The molecule has 0 aliphatic rings. The SMILES string of the molecule is CC(N)(Cn1ccnc1-c1ccccc1)C(N)=O. The van der Waals surface area contributed by atoms with Gasteiger partial charge in [-0.1, -0.05) is 30.3 Å². The van der Waals surface area contributed by atoms with Crippen molar-refractivity contribution in [3.05, 3.63) is 42.7 Å². The number of carbonyl (C=O) groups is 1. The first-order chi connectivity index (χ1) is 8.50. The Hall–Kier alpha value is -2.14. The molecule has 1 atom stereocenters. The number of amides is 1. The Morgan fingerprint density at radius 1 is 1.39 bits per heavy atom. The van der Waals surface area contributed by atoms with Crippen LogP contribution in [0.3, 0.4) is 0 Å². The fourth-order valence-corrected chi connectivity index (χ4v) is 1.72. The molecule has 1 unspecified atom stereocenters. The summed E-state index contributed by atoms with van der Waals surface area (Å²) in [5.74, 6) is 0.240. The van der Waals surface area contributed by atoms with Gasteiger partial charge in [-0.15, -0.1) is 0 Å². The summed E-state index contributed by atoms with van der Waals surface area (Å²) in [5, 5.41) is 0. The van der Waals surface area contributed by atoms with Gasteiger partial charge in [0, 0.05) is 18.0 Å². The highest BCUT2D eigenvalue weighted by Crippen LogP contribution is 2.18. The van der Waals surface area contributed by atoms with Crippen LogP contribution in [-0.4, -0.2) is 21.0 Å². The highest BCUT2D eigenvalue weighted by Gasteiger charge is 2.27. The van der Waals surface area contributed by atoms with Crippen LogP contribution < -0.4 is 11.5 Å². The molecule has 0 saturated heterocycles. The van der Waals surface area contributed by atoms with Crippen molar-refractivity contribution in [1.82, 2.24) is 9.55 Å². The third-order valence-electron chi connectivity index (χ3n) is 2.81. The van der Waals surface area contributed by atoms with E-state index in [0.717, 1.165) is 11.4 Å². The summed E-state index contributed by atoms with van der Waals surface area (Å²) >= 11 is 0. The van der Waals surface area contributed by atoms with Gasteiger partial charge < -0.3 is 16.0 Å². The van der Waals surface area contributed by atoms with Crippen LogP contribution in [-0.2, 0) is 11.3 Å². The molecule has 0 spiro atoms. The van der Waals surface area contributed by atoms with E-state index in [1.165, 1.54) is 0 Å². The second-order valence-electron chi connectivity index (χ2n) is 4.53. The van der Waals surface area contributed by atoms with Crippen LogP contribution in [0.2, 0.25) is 0 Å². The summed E-state index contributed by atoms with van der Waals surface area (Å²) in [7, 11) is 0. The minimum absolute atomic E-state index is 0.298. The second kappa shape index (κ2) is 4.62. The summed E-state index contributed by atoms with van der Waals surface area (Å²) in [6, 6.07) is 9.72. The summed E-state index contributed by atoms with van der Waals surface area (Å²) in [6.45, 7) is 1.91. The fourth-order valence-electron chi connectivity index (χ4n) is 1.72. The van der Waals surface area contributed by atoms with Gasteiger partial charge in [-0.05, 0) is 6.92 Å². The number of nitrogens with zero attached hydrogens (tertiary/aromatic N) is 2. The van der Waals surface area contributed by atoms with Crippen LogP contribution in [0, 0.1) is 0 Å². The van der Waals surface area contributed by atoms with Gasteiger partial charge in [-0.3, -0.25) is 4.79 Å². The van der Waals surface area contributed by atoms with E-state index in [1.807, 2.05) is 34.9 Å². The quantitative estimate of drug-likeness (QED) is 0.832. The molecule has 4 N–H and O–H groups in total. The lowest BCUT2D eigenvalue weighted by Crippen LogP contribution is -2.52. The van der Waals surface area contributed by atoms with Crippen molar-refractivity contribution >= 4 is 5.91 Å². The molecule has 1 aromatic carbocycles. The average Bonchev–Trinajstić information content (AvgIpc) is 2.77. The molecule has 5 nitrogen and oxygen atoms in total. The third-order valence-corrected chi connectivity index (χ3v) is 2.81. The van der Waals surface area contributed by atoms with E-state index >= 15 is 0 Å². The molecule has 1 heterocycles.